The average molecular weight is 334 g/mol. The van der Waals surface area contributed by atoms with Crippen molar-refractivity contribution in [2.75, 3.05) is 5.32 Å². The molecule has 0 saturated carbocycles. The van der Waals surface area contributed by atoms with Crippen molar-refractivity contribution in [2.24, 2.45) is 0 Å². The highest BCUT2D eigenvalue weighted by Crippen LogP contribution is 2.36. The molecule has 1 amide bonds. The van der Waals surface area contributed by atoms with E-state index in [0.29, 0.717) is 5.56 Å². The summed E-state index contributed by atoms with van der Waals surface area (Å²) >= 11 is 5.74. The highest BCUT2D eigenvalue weighted by atomic mass is 35.5. The molecule has 2 rings (SSSR count). The third kappa shape index (κ3) is 3.98. The fraction of sp³-hybridized carbons (Fsp3) is 0. The van der Waals surface area contributed by atoms with E-state index in [1.165, 1.54) is 0 Å². The van der Waals surface area contributed by atoms with Crippen LogP contribution < -0.4 is 10.6 Å². The summed E-state index contributed by atoms with van der Waals surface area (Å²) in [4.78, 5) is 22.1. The number of phenolic OH excluding ortho intramolecular Hbond substituents is 1. The van der Waals surface area contributed by atoms with Gasteiger partial charge in [-0.15, -0.1) is 0 Å². The van der Waals surface area contributed by atoms with Crippen LogP contribution in [0.1, 0.15) is 10.4 Å². The van der Waals surface area contributed by atoms with E-state index in [9.17, 15) is 20.0 Å². The van der Waals surface area contributed by atoms with Crippen molar-refractivity contribution in [1.82, 2.24) is 5.32 Å². The Kier molecular flexibility index (Phi) is 4.82. The van der Waals surface area contributed by atoms with Crippen LogP contribution in [0.5, 0.6) is 5.75 Å². The lowest BCUT2D eigenvalue weighted by molar-refractivity contribution is -0.384. The van der Waals surface area contributed by atoms with Crippen molar-refractivity contribution in [2.45, 2.75) is 0 Å². The number of anilines is 1. The molecule has 0 unspecified atom stereocenters. The second-order valence-corrected chi connectivity index (χ2v) is 4.91. The van der Waals surface area contributed by atoms with Crippen LogP contribution in [0.2, 0.25) is 5.02 Å². The van der Waals surface area contributed by atoms with Crippen molar-refractivity contribution in [1.29, 1.82) is 0 Å². The fourth-order valence-electron chi connectivity index (χ4n) is 1.78. The number of phenols is 1. The summed E-state index contributed by atoms with van der Waals surface area (Å²) in [6.45, 7) is 3.59. The van der Waals surface area contributed by atoms with Crippen LogP contribution in [0.3, 0.4) is 0 Å². The molecule has 0 radical (unpaired) electrons. The van der Waals surface area contributed by atoms with Gasteiger partial charge >= 0.3 is 0 Å². The van der Waals surface area contributed by atoms with Crippen LogP contribution in [0.4, 0.5) is 11.4 Å². The Morgan fingerprint density at radius 1 is 1.26 bits per heavy atom. The van der Waals surface area contributed by atoms with E-state index in [4.69, 9.17) is 11.6 Å². The van der Waals surface area contributed by atoms with Crippen LogP contribution in [-0.2, 0) is 0 Å². The molecule has 118 valence electrons. The number of amides is 1. The third-order valence-electron chi connectivity index (χ3n) is 2.84. The zero-order valence-corrected chi connectivity index (χ0v) is 12.5. The fourth-order valence-corrected chi connectivity index (χ4v) is 1.99. The lowest BCUT2D eigenvalue weighted by atomic mass is 10.2. The molecule has 2 aromatic carbocycles. The molecule has 7 nitrogen and oxygen atoms in total. The minimum Gasteiger partial charge on any atom is -0.504 e. The van der Waals surface area contributed by atoms with Crippen molar-refractivity contribution >= 4 is 28.9 Å². The molecule has 3 N–H and O–H groups in total. The Labute approximate surface area is 136 Å². The van der Waals surface area contributed by atoms with E-state index in [-0.39, 0.29) is 28.0 Å². The molecule has 0 bridgehead atoms. The van der Waals surface area contributed by atoms with Gasteiger partial charge in [-0.3, -0.25) is 14.9 Å². The van der Waals surface area contributed by atoms with Crippen molar-refractivity contribution in [3.05, 3.63) is 75.6 Å². The van der Waals surface area contributed by atoms with Crippen molar-refractivity contribution in [3.8, 4) is 5.75 Å². The average Bonchev–Trinajstić information content (AvgIpc) is 2.52. The lowest BCUT2D eigenvalue weighted by Crippen LogP contribution is -2.26. The van der Waals surface area contributed by atoms with Crippen molar-refractivity contribution in [3.63, 3.8) is 0 Å². The summed E-state index contributed by atoms with van der Waals surface area (Å²) in [6.07, 6.45) is 0. The zero-order chi connectivity index (χ0) is 17.0. The molecule has 2 aromatic rings. The number of hydrogen-bond donors (Lipinski definition) is 3. The van der Waals surface area contributed by atoms with Gasteiger partial charge in [0.15, 0.2) is 5.75 Å². The quantitative estimate of drug-likeness (QED) is 0.442. The van der Waals surface area contributed by atoms with E-state index >= 15 is 0 Å². The van der Waals surface area contributed by atoms with E-state index in [1.54, 1.807) is 30.3 Å². The van der Waals surface area contributed by atoms with Crippen LogP contribution in [0.25, 0.3) is 0 Å². The number of aromatic hydroxyl groups is 1. The van der Waals surface area contributed by atoms with Crippen molar-refractivity contribution < 1.29 is 14.8 Å². The molecule has 0 saturated heterocycles. The number of nitro benzene ring substituents is 1. The standard InChI is InChI=1S/C15H12ClN3O4/c1-9(18-15(21)10-5-3-2-4-6-10)17-13-8-11(19(22)23)7-12(16)14(13)20/h2-8,17,20H,1H2,(H,18,21). The Morgan fingerprint density at radius 3 is 2.52 bits per heavy atom. The third-order valence-corrected chi connectivity index (χ3v) is 3.13. The Balaban J connectivity index is 2.14. The lowest BCUT2D eigenvalue weighted by Gasteiger charge is -2.13. The Hall–Kier alpha value is -3.06. The summed E-state index contributed by atoms with van der Waals surface area (Å²) in [5, 5.41) is 25.5. The van der Waals surface area contributed by atoms with E-state index in [0.717, 1.165) is 12.1 Å². The predicted octanol–water partition coefficient (Wildman–Crippen LogP) is 3.27. The maximum Gasteiger partial charge on any atom is 0.273 e. The number of nitrogens with one attached hydrogen (secondary N) is 2. The molecule has 23 heavy (non-hydrogen) atoms. The maximum absolute atomic E-state index is 12.0. The van der Waals surface area contributed by atoms with Gasteiger partial charge in [-0.1, -0.05) is 36.4 Å². The first kappa shape index (κ1) is 16.3. The summed E-state index contributed by atoms with van der Waals surface area (Å²) in [5.41, 5.74) is 0.0665. The van der Waals surface area contributed by atoms with Gasteiger partial charge in [0.05, 0.1) is 15.6 Å². The minimum absolute atomic E-state index is 0.0331. The molecule has 0 heterocycles. The summed E-state index contributed by atoms with van der Waals surface area (Å²) in [5.74, 6) is -0.766. The summed E-state index contributed by atoms with van der Waals surface area (Å²) in [6, 6.07) is 10.5. The first-order chi connectivity index (χ1) is 10.9. The number of benzene rings is 2. The molecule has 8 heteroatoms. The molecule has 0 aliphatic heterocycles. The number of nitro groups is 1. The second-order valence-electron chi connectivity index (χ2n) is 4.50. The van der Waals surface area contributed by atoms with Gasteiger partial charge < -0.3 is 15.7 Å². The van der Waals surface area contributed by atoms with Gasteiger partial charge in [0, 0.05) is 17.7 Å². The van der Waals surface area contributed by atoms with Gasteiger partial charge in [-0.05, 0) is 12.1 Å². The van der Waals surface area contributed by atoms with Gasteiger partial charge in [-0.2, -0.15) is 0 Å². The maximum atomic E-state index is 12.0. The Bertz CT molecular complexity index is 778. The minimum atomic E-state index is -0.651. The summed E-state index contributed by atoms with van der Waals surface area (Å²) < 4.78 is 0. The number of rotatable bonds is 5. The van der Waals surface area contributed by atoms with Gasteiger partial charge in [-0.25, -0.2) is 0 Å². The highest BCUT2D eigenvalue weighted by molar-refractivity contribution is 6.32. The van der Waals surface area contributed by atoms with Crippen LogP contribution in [0, 0.1) is 10.1 Å². The van der Waals surface area contributed by atoms with E-state index in [2.05, 4.69) is 17.2 Å². The van der Waals surface area contributed by atoms with Crippen LogP contribution in [0.15, 0.2) is 54.9 Å². The molecule has 0 fully saturated rings. The topological polar surface area (TPSA) is 104 Å². The first-order valence-electron chi connectivity index (χ1n) is 6.37. The molecular weight excluding hydrogens is 322 g/mol. The molecule has 0 atom stereocenters. The van der Waals surface area contributed by atoms with Gasteiger partial charge in [0.1, 0.15) is 5.82 Å². The van der Waals surface area contributed by atoms with Crippen LogP contribution in [-0.4, -0.2) is 15.9 Å². The second kappa shape index (κ2) is 6.80. The molecular formula is C15H12ClN3O4. The Morgan fingerprint density at radius 2 is 1.91 bits per heavy atom. The SMILES string of the molecule is C=C(NC(=O)c1ccccc1)Nc1cc([N+](=O)[O-])cc(Cl)c1O. The molecule has 0 aliphatic rings. The van der Waals surface area contributed by atoms with Gasteiger partial charge in [0.25, 0.3) is 11.6 Å². The predicted molar refractivity (Wildman–Crippen MR) is 86.4 cm³/mol. The van der Waals surface area contributed by atoms with E-state index < -0.39 is 10.8 Å². The number of halogens is 1. The number of hydrogen-bond acceptors (Lipinski definition) is 5. The largest absolute Gasteiger partial charge is 0.504 e. The highest BCUT2D eigenvalue weighted by Gasteiger charge is 2.16. The zero-order valence-electron chi connectivity index (χ0n) is 11.7. The van der Waals surface area contributed by atoms with E-state index in [1.807, 2.05) is 0 Å². The monoisotopic (exact) mass is 333 g/mol. The summed E-state index contributed by atoms with van der Waals surface area (Å²) in [7, 11) is 0. The molecule has 0 aromatic heterocycles. The van der Waals surface area contributed by atoms with Crippen LogP contribution >= 0.6 is 11.6 Å². The van der Waals surface area contributed by atoms with Gasteiger partial charge in [0.2, 0.25) is 0 Å². The number of non-ortho nitro benzene ring substituents is 1. The molecule has 0 spiro atoms. The smallest absolute Gasteiger partial charge is 0.273 e. The first-order valence-corrected chi connectivity index (χ1v) is 6.75. The normalized spacial score (nSPS) is 9.96. The number of nitrogens with zero attached hydrogens (tertiary/aromatic N) is 1. The number of carbonyl (C=O) groups is 1. The number of carbonyl (C=O) groups excluding carboxylic acids is 1. The molecule has 0 aliphatic carbocycles.